The molecule has 0 N–H and O–H groups in total. The third-order valence-corrected chi connectivity index (χ3v) is 2.62. The summed E-state index contributed by atoms with van der Waals surface area (Å²) in [6, 6.07) is 0. The lowest BCUT2D eigenvalue weighted by molar-refractivity contribution is 0.199. The topological polar surface area (TPSA) is 27.1 Å². The van der Waals surface area contributed by atoms with Crippen LogP contribution in [0.1, 0.15) is 24.4 Å². The molecule has 0 saturated carbocycles. The fourth-order valence-corrected chi connectivity index (χ4v) is 1.90. The minimum Gasteiger partial charge on any atom is -0.384 e. The van der Waals surface area contributed by atoms with Gasteiger partial charge in [-0.25, -0.2) is 4.98 Å². The van der Waals surface area contributed by atoms with Gasteiger partial charge in [-0.2, -0.15) is 0 Å². The first-order valence-electron chi connectivity index (χ1n) is 4.94. The van der Waals surface area contributed by atoms with Gasteiger partial charge in [0.05, 0.1) is 6.61 Å². The van der Waals surface area contributed by atoms with E-state index in [9.17, 15) is 0 Å². The van der Waals surface area contributed by atoms with Gasteiger partial charge >= 0.3 is 0 Å². The van der Waals surface area contributed by atoms with Crippen LogP contribution in [0.3, 0.4) is 0 Å². The first-order valence-corrected chi connectivity index (χ1v) is 4.94. The van der Waals surface area contributed by atoms with E-state index in [1.807, 2.05) is 6.20 Å². The molecule has 3 heteroatoms. The minimum absolute atomic E-state index is 0.774. The highest BCUT2D eigenvalue weighted by Gasteiger charge is 2.12. The van der Waals surface area contributed by atoms with E-state index in [-0.39, 0.29) is 0 Å². The number of aromatic nitrogens is 2. The molecule has 0 radical (unpaired) electrons. The van der Waals surface area contributed by atoms with E-state index in [2.05, 4.69) is 9.55 Å². The van der Waals surface area contributed by atoms with Gasteiger partial charge in [-0.3, -0.25) is 0 Å². The van der Waals surface area contributed by atoms with E-state index in [1.54, 1.807) is 7.11 Å². The SMILES string of the molecule is COCCc1ncc2n1CCCC2. The Morgan fingerprint density at radius 3 is 3.31 bits per heavy atom. The molecule has 0 bridgehead atoms. The fraction of sp³-hybridized carbons (Fsp3) is 0.700. The van der Waals surface area contributed by atoms with Crippen molar-refractivity contribution < 1.29 is 4.74 Å². The van der Waals surface area contributed by atoms with Crippen molar-refractivity contribution in [2.24, 2.45) is 0 Å². The number of hydrogen-bond acceptors (Lipinski definition) is 2. The lowest BCUT2D eigenvalue weighted by Gasteiger charge is -2.16. The molecule has 72 valence electrons. The summed E-state index contributed by atoms with van der Waals surface area (Å²) >= 11 is 0. The molecule has 1 aliphatic rings. The Morgan fingerprint density at radius 2 is 2.46 bits per heavy atom. The highest BCUT2D eigenvalue weighted by atomic mass is 16.5. The van der Waals surface area contributed by atoms with E-state index in [0.717, 1.165) is 19.6 Å². The summed E-state index contributed by atoms with van der Waals surface area (Å²) in [6.07, 6.45) is 6.76. The maximum atomic E-state index is 5.05. The molecule has 1 aliphatic heterocycles. The van der Waals surface area contributed by atoms with Crippen LogP contribution in [0.2, 0.25) is 0 Å². The number of nitrogens with zero attached hydrogens (tertiary/aromatic N) is 2. The average molecular weight is 180 g/mol. The van der Waals surface area contributed by atoms with Gasteiger partial charge in [0.1, 0.15) is 5.82 Å². The maximum Gasteiger partial charge on any atom is 0.111 e. The van der Waals surface area contributed by atoms with Gasteiger partial charge in [-0.1, -0.05) is 0 Å². The molecular weight excluding hydrogens is 164 g/mol. The van der Waals surface area contributed by atoms with Gasteiger partial charge in [0, 0.05) is 32.0 Å². The molecule has 13 heavy (non-hydrogen) atoms. The summed E-state index contributed by atoms with van der Waals surface area (Å²) in [5, 5.41) is 0. The Bertz CT molecular complexity index is 280. The second kappa shape index (κ2) is 3.92. The van der Waals surface area contributed by atoms with Gasteiger partial charge in [0.25, 0.3) is 0 Å². The zero-order valence-corrected chi connectivity index (χ0v) is 8.12. The summed E-state index contributed by atoms with van der Waals surface area (Å²) in [5.41, 5.74) is 1.40. The molecule has 2 rings (SSSR count). The van der Waals surface area contributed by atoms with Crippen LogP contribution < -0.4 is 0 Å². The Balaban J connectivity index is 2.12. The Kier molecular flexibility index (Phi) is 2.64. The van der Waals surface area contributed by atoms with Gasteiger partial charge < -0.3 is 9.30 Å². The third kappa shape index (κ3) is 1.75. The highest BCUT2D eigenvalue weighted by Crippen LogP contribution is 2.16. The van der Waals surface area contributed by atoms with Crippen LogP contribution in [0.25, 0.3) is 0 Å². The Hall–Kier alpha value is -0.830. The molecule has 0 unspecified atom stereocenters. The van der Waals surface area contributed by atoms with Crippen molar-refractivity contribution in [2.45, 2.75) is 32.2 Å². The lowest BCUT2D eigenvalue weighted by Crippen LogP contribution is -2.13. The molecule has 0 fully saturated rings. The van der Waals surface area contributed by atoms with E-state index < -0.39 is 0 Å². The molecule has 1 aromatic heterocycles. The molecule has 2 heterocycles. The summed E-state index contributed by atoms with van der Waals surface area (Å²) in [4.78, 5) is 4.42. The van der Waals surface area contributed by atoms with Crippen molar-refractivity contribution in [1.82, 2.24) is 9.55 Å². The van der Waals surface area contributed by atoms with Gasteiger partial charge in [-0.05, 0) is 19.3 Å². The van der Waals surface area contributed by atoms with Crippen LogP contribution in [0, 0.1) is 0 Å². The van der Waals surface area contributed by atoms with Crippen LogP contribution in [0.5, 0.6) is 0 Å². The third-order valence-electron chi connectivity index (χ3n) is 2.62. The Morgan fingerprint density at radius 1 is 1.54 bits per heavy atom. The number of ether oxygens (including phenoxy) is 1. The van der Waals surface area contributed by atoms with Crippen molar-refractivity contribution in [1.29, 1.82) is 0 Å². The Labute approximate surface area is 78.7 Å². The van der Waals surface area contributed by atoms with Crippen molar-refractivity contribution in [3.8, 4) is 0 Å². The van der Waals surface area contributed by atoms with E-state index >= 15 is 0 Å². The van der Waals surface area contributed by atoms with Crippen LogP contribution in [-0.4, -0.2) is 23.3 Å². The molecule has 0 amide bonds. The summed E-state index contributed by atoms with van der Waals surface area (Å²) in [7, 11) is 1.74. The van der Waals surface area contributed by atoms with Crippen LogP contribution in [0.4, 0.5) is 0 Å². The zero-order chi connectivity index (χ0) is 9.10. The average Bonchev–Trinajstić information content (AvgIpc) is 2.58. The predicted molar refractivity (Wildman–Crippen MR) is 50.7 cm³/mol. The fourth-order valence-electron chi connectivity index (χ4n) is 1.90. The van der Waals surface area contributed by atoms with E-state index in [1.165, 1.54) is 30.8 Å². The number of aryl methyl sites for hydroxylation is 1. The van der Waals surface area contributed by atoms with Crippen molar-refractivity contribution in [3.05, 3.63) is 17.7 Å². The zero-order valence-electron chi connectivity index (χ0n) is 8.12. The van der Waals surface area contributed by atoms with Gasteiger partial charge in [-0.15, -0.1) is 0 Å². The quantitative estimate of drug-likeness (QED) is 0.703. The van der Waals surface area contributed by atoms with E-state index in [0.29, 0.717) is 0 Å². The lowest BCUT2D eigenvalue weighted by atomic mass is 10.1. The number of fused-ring (bicyclic) bond motifs is 1. The number of rotatable bonds is 3. The monoisotopic (exact) mass is 180 g/mol. The normalized spacial score (nSPS) is 15.8. The summed E-state index contributed by atoms with van der Waals surface area (Å²) < 4.78 is 7.40. The molecule has 0 spiro atoms. The van der Waals surface area contributed by atoms with E-state index in [4.69, 9.17) is 4.74 Å². The number of imidazole rings is 1. The van der Waals surface area contributed by atoms with Crippen molar-refractivity contribution in [2.75, 3.05) is 13.7 Å². The number of hydrogen-bond donors (Lipinski definition) is 0. The van der Waals surface area contributed by atoms with Gasteiger partial charge in [0.15, 0.2) is 0 Å². The first-order chi connectivity index (χ1) is 6.42. The highest BCUT2D eigenvalue weighted by molar-refractivity contribution is 5.08. The van der Waals surface area contributed by atoms with Crippen molar-refractivity contribution >= 4 is 0 Å². The molecular formula is C10H16N2O. The predicted octanol–water partition coefficient (Wildman–Crippen LogP) is 1.41. The van der Waals surface area contributed by atoms with Crippen LogP contribution in [-0.2, 0) is 24.1 Å². The van der Waals surface area contributed by atoms with Crippen LogP contribution >= 0.6 is 0 Å². The minimum atomic E-state index is 0.774. The molecule has 0 aliphatic carbocycles. The molecule has 0 aromatic carbocycles. The maximum absolute atomic E-state index is 5.05. The first kappa shape index (κ1) is 8.75. The number of methoxy groups -OCH3 is 1. The molecule has 0 saturated heterocycles. The molecule has 1 aromatic rings. The standard InChI is InChI=1S/C10H16N2O/c1-13-7-5-10-11-8-9-4-2-3-6-12(9)10/h8H,2-7H2,1H3. The van der Waals surface area contributed by atoms with Gasteiger partial charge in [0.2, 0.25) is 0 Å². The van der Waals surface area contributed by atoms with Crippen molar-refractivity contribution in [3.63, 3.8) is 0 Å². The largest absolute Gasteiger partial charge is 0.384 e. The summed E-state index contributed by atoms with van der Waals surface area (Å²) in [6.45, 7) is 1.92. The second-order valence-corrected chi connectivity index (χ2v) is 3.52. The molecule has 0 atom stereocenters. The van der Waals surface area contributed by atoms with Crippen LogP contribution in [0.15, 0.2) is 6.20 Å². The summed E-state index contributed by atoms with van der Waals surface area (Å²) in [5.74, 6) is 1.19. The molecule has 3 nitrogen and oxygen atoms in total. The smallest absolute Gasteiger partial charge is 0.111 e. The second-order valence-electron chi connectivity index (χ2n) is 3.52.